The highest BCUT2D eigenvalue weighted by atomic mass is 15.5. The van der Waals surface area contributed by atoms with Gasteiger partial charge in [-0.25, -0.2) is 5.01 Å². The summed E-state index contributed by atoms with van der Waals surface area (Å²) in [7, 11) is 0. The second-order valence-electron chi connectivity index (χ2n) is 8.49. The molecule has 3 nitrogen and oxygen atoms in total. The number of nitrogens with zero attached hydrogens (tertiary/aromatic N) is 3. The van der Waals surface area contributed by atoms with E-state index in [9.17, 15) is 0 Å². The summed E-state index contributed by atoms with van der Waals surface area (Å²) in [6.45, 7) is 16.5. The van der Waals surface area contributed by atoms with E-state index in [0.29, 0.717) is 0 Å². The summed E-state index contributed by atoms with van der Waals surface area (Å²) >= 11 is 0. The second-order valence-corrected chi connectivity index (χ2v) is 8.49. The third-order valence-electron chi connectivity index (χ3n) is 6.77. The Morgan fingerprint density at radius 1 is 0.719 bits per heavy atom. The van der Waals surface area contributed by atoms with Crippen LogP contribution in [-0.4, -0.2) is 25.3 Å². The molecule has 0 amide bonds. The molecule has 0 saturated carbocycles. The zero-order chi connectivity index (χ0) is 23.1. The largest absolute Gasteiger partial charge is 0.292 e. The standard InChI is InChI=1S/C29H38N3/c1-7-25-13-19-28(20-14-25)31(27-17-11-23(5)12-18-27)30-24(6)26-15-21-29(22-16-26)32(8-2,9-3)10-4/h11-22H,7-10H2,1-6H3/q+1/b30-24-. The Bertz CT molecular complexity index is 1000. The van der Waals surface area contributed by atoms with Crippen LogP contribution in [0.1, 0.15) is 51.3 Å². The number of rotatable bonds is 9. The minimum atomic E-state index is 0.999. The van der Waals surface area contributed by atoms with Crippen molar-refractivity contribution in [2.75, 3.05) is 24.6 Å². The molecule has 0 aliphatic heterocycles. The topological polar surface area (TPSA) is 15.6 Å². The zero-order valence-electron chi connectivity index (χ0n) is 20.6. The van der Waals surface area contributed by atoms with Gasteiger partial charge in [-0.15, -0.1) is 0 Å². The van der Waals surface area contributed by atoms with Crippen LogP contribution in [0.5, 0.6) is 0 Å². The number of anilines is 2. The molecule has 3 heteroatoms. The highest BCUT2D eigenvalue weighted by Gasteiger charge is 2.24. The first-order chi connectivity index (χ1) is 15.5. The molecular formula is C29H38N3+. The molecule has 0 unspecified atom stereocenters. The van der Waals surface area contributed by atoms with Crippen molar-refractivity contribution in [3.05, 3.63) is 89.5 Å². The van der Waals surface area contributed by atoms with E-state index in [1.54, 1.807) is 0 Å². The third kappa shape index (κ3) is 5.11. The lowest BCUT2D eigenvalue weighted by molar-refractivity contribution is 0.316. The van der Waals surface area contributed by atoms with Crippen molar-refractivity contribution in [2.45, 2.75) is 48.0 Å². The van der Waals surface area contributed by atoms with Crippen LogP contribution in [0.4, 0.5) is 17.1 Å². The normalized spacial score (nSPS) is 12.1. The van der Waals surface area contributed by atoms with Crippen LogP contribution in [0.2, 0.25) is 0 Å². The Balaban J connectivity index is 1.98. The molecule has 0 aliphatic carbocycles. The SMILES string of the molecule is CCc1ccc(N(/N=C(/C)c2ccc([N+](CC)(CC)CC)cc2)c2ccc(C)cc2)cc1. The molecule has 0 aromatic heterocycles. The van der Waals surface area contributed by atoms with Gasteiger partial charge in [0.2, 0.25) is 0 Å². The van der Waals surface area contributed by atoms with E-state index in [4.69, 9.17) is 5.10 Å². The van der Waals surface area contributed by atoms with Crippen LogP contribution in [0.15, 0.2) is 77.9 Å². The monoisotopic (exact) mass is 428 g/mol. The quantitative estimate of drug-likeness (QED) is 0.196. The summed E-state index contributed by atoms with van der Waals surface area (Å²) in [5.74, 6) is 0. The van der Waals surface area contributed by atoms with E-state index in [1.165, 1.54) is 16.8 Å². The lowest BCUT2D eigenvalue weighted by atomic mass is 10.1. The molecule has 3 rings (SSSR count). The van der Waals surface area contributed by atoms with Gasteiger partial charge in [-0.05, 0) is 101 Å². The maximum atomic E-state index is 5.07. The van der Waals surface area contributed by atoms with E-state index in [2.05, 4.69) is 114 Å². The minimum Gasteiger partial charge on any atom is -0.292 e. The van der Waals surface area contributed by atoms with Gasteiger partial charge in [-0.3, -0.25) is 4.48 Å². The van der Waals surface area contributed by atoms with E-state index in [0.717, 1.165) is 53.2 Å². The summed E-state index contributed by atoms with van der Waals surface area (Å²) in [6, 6.07) is 26.2. The van der Waals surface area contributed by atoms with E-state index < -0.39 is 0 Å². The number of benzene rings is 3. The fraction of sp³-hybridized carbons (Fsp3) is 0.345. The van der Waals surface area contributed by atoms with Crippen molar-refractivity contribution >= 4 is 22.8 Å². The summed E-state index contributed by atoms with van der Waals surface area (Å²) < 4.78 is 1.01. The number of quaternary nitrogens is 1. The van der Waals surface area contributed by atoms with Gasteiger partial charge in [-0.2, -0.15) is 5.10 Å². The summed E-state index contributed by atoms with van der Waals surface area (Å²) in [6.07, 6.45) is 1.03. The summed E-state index contributed by atoms with van der Waals surface area (Å²) in [5, 5.41) is 7.12. The van der Waals surface area contributed by atoms with Crippen LogP contribution in [0, 0.1) is 6.92 Å². The zero-order valence-corrected chi connectivity index (χ0v) is 20.6. The number of hydrogen-bond acceptors (Lipinski definition) is 2. The predicted molar refractivity (Wildman–Crippen MR) is 141 cm³/mol. The Kier molecular flexibility index (Phi) is 7.87. The van der Waals surface area contributed by atoms with E-state index in [1.807, 2.05) is 5.01 Å². The van der Waals surface area contributed by atoms with Gasteiger partial charge in [0.25, 0.3) is 0 Å². The van der Waals surface area contributed by atoms with Crippen LogP contribution in [0.3, 0.4) is 0 Å². The molecule has 0 fully saturated rings. The van der Waals surface area contributed by atoms with Crippen LogP contribution in [0.25, 0.3) is 0 Å². The molecule has 3 aromatic carbocycles. The highest BCUT2D eigenvalue weighted by molar-refractivity contribution is 5.99. The van der Waals surface area contributed by atoms with Crippen molar-refractivity contribution in [1.29, 1.82) is 0 Å². The predicted octanol–water partition coefficient (Wildman–Crippen LogP) is 7.49. The number of aryl methyl sites for hydroxylation is 2. The fourth-order valence-electron chi connectivity index (χ4n) is 4.27. The van der Waals surface area contributed by atoms with Crippen molar-refractivity contribution in [3.63, 3.8) is 0 Å². The molecule has 0 bridgehead atoms. The average molecular weight is 429 g/mol. The molecule has 0 saturated heterocycles. The molecule has 0 spiro atoms. The summed E-state index contributed by atoms with van der Waals surface area (Å²) in [4.78, 5) is 0. The van der Waals surface area contributed by atoms with Gasteiger partial charge in [0.15, 0.2) is 0 Å². The molecule has 168 valence electrons. The van der Waals surface area contributed by atoms with Gasteiger partial charge in [0, 0.05) is 0 Å². The Labute approximate surface area is 194 Å². The molecule has 32 heavy (non-hydrogen) atoms. The number of hydrogen-bond donors (Lipinski definition) is 0. The molecule has 0 heterocycles. The van der Waals surface area contributed by atoms with Crippen molar-refractivity contribution in [1.82, 2.24) is 4.48 Å². The van der Waals surface area contributed by atoms with Gasteiger partial charge in [0.1, 0.15) is 5.69 Å². The number of hydrazone groups is 1. The first-order valence-corrected chi connectivity index (χ1v) is 11.9. The van der Waals surface area contributed by atoms with Crippen LogP contribution < -0.4 is 9.49 Å². The first kappa shape index (κ1) is 23.7. The van der Waals surface area contributed by atoms with E-state index >= 15 is 0 Å². The van der Waals surface area contributed by atoms with Crippen molar-refractivity contribution in [3.8, 4) is 0 Å². The van der Waals surface area contributed by atoms with Crippen LogP contribution in [-0.2, 0) is 6.42 Å². The smallest absolute Gasteiger partial charge is 0.132 e. The van der Waals surface area contributed by atoms with Crippen molar-refractivity contribution < 1.29 is 0 Å². The van der Waals surface area contributed by atoms with E-state index in [-0.39, 0.29) is 0 Å². The minimum absolute atomic E-state index is 0.999. The molecule has 0 radical (unpaired) electrons. The lowest BCUT2D eigenvalue weighted by Crippen LogP contribution is -2.48. The third-order valence-corrected chi connectivity index (χ3v) is 6.77. The lowest BCUT2D eigenvalue weighted by Gasteiger charge is -2.35. The first-order valence-electron chi connectivity index (χ1n) is 11.9. The highest BCUT2D eigenvalue weighted by Crippen LogP contribution is 2.28. The second kappa shape index (κ2) is 10.6. The molecule has 0 atom stereocenters. The molecule has 0 N–H and O–H groups in total. The maximum Gasteiger partial charge on any atom is 0.132 e. The molecular weight excluding hydrogens is 390 g/mol. The molecule has 0 aliphatic rings. The fourth-order valence-corrected chi connectivity index (χ4v) is 4.27. The van der Waals surface area contributed by atoms with Crippen LogP contribution >= 0.6 is 0 Å². The Morgan fingerprint density at radius 3 is 1.69 bits per heavy atom. The van der Waals surface area contributed by atoms with Gasteiger partial charge in [-0.1, -0.05) is 36.8 Å². The van der Waals surface area contributed by atoms with Gasteiger partial charge >= 0.3 is 0 Å². The Hall–Kier alpha value is -2.91. The Morgan fingerprint density at radius 2 is 1.22 bits per heavy atom. The van der Waals surface area contributed by atoms with Gasteiger partial charge in [0.05, 0.1) is 36.7 Å². The maximum absolute atomic E-state index is 5.07. The molecule has 3 aromatic rings. The van der Waals surface area contributed by atoms with Gasteiger partial charge < -0.3 is 0 Å². The van der Waals surface area contributed by atoms with Crippen molar-refractivity contribution in [2.24, 2.45) is 5.10 Å². The summed E-state index contributed by atoms with van der Waals surface area (Å²) in [5.41, 5.74) is 8.24. The average Bonchev–Trinajstić information content (AvgIpc) is 2.85.